The first kappa shape index (κ1) is 12.6. The van der Waals surface area contributed by atoms with E-state index < -0.39 is 11.9 Å². The van der Waals surface area contributed by atoms with Crippen molar-refractivity contribution in [1.29, 1.82) is 0 Å². The van der Waals surface area contributed by atoms with E-state index in [1.807, 2.05) is 13.0 Å². The normalized spacial score (nSPS) is 11.8. The maximum Gasteiger partial charge on any atom is 0.435 e. The molecule has 6 heteroatoms. The third-order valence-electron chi connectivity index (χ3n) is 2.59. The Labute approximate surface area is 102 Å². The fourth-order valence-corrected chi connectivity index (χ4v) is 1.67. The summed E-state index contributed by atoms with van der Waals surface area (Å²) in [5.41, 5.74) is 6.92. The van der Waals surface area contributed by atoms with E-state index in [1.165, 1.54) is 10.9 Å². The maximum absolute atomic E-state index is 12.5. The highest BCUT2D eigenvalue weighted by Gasteiger charge is 2.33. The molecule has 0 unspecified atom stereocenters. The van der Waals surface area contributed by atoms with Crippen LogP contribution in [-0.2, 0) is 12.7 Å². The number of benzene rings is 1. The topological polar surface area (TPSA) is 43.8 Å². The highest BCUT2D eigenvalue weighted by molar-refractivity contribution is 5.43. The minimum absolute atomic E-state index is 0.247. The Hall–Kier alpha value is -1.82. The van der Waals surface area contributed by atoms with Crippen molar-refractivity contribution in [2.75, 3.05) is 0 Å². The molecule has 0 aliphatic carbocycles. The molecule has 2 aromatic rings. The first-order valence-electron chi connectivity index (χ1n) is 5.34. The van der Waals surface area contributed by atoms with Crippen molar-refractivity contribution in [3.63, 3.8) is 0 Å². The number of alkyl halides is 3. The summed E-state index contributed by atoms with van der Waals surface area (Å²) in [6, 6.07) is 6.36. The number of nitrogens with two attached hydrogens (primary N) is 1. The molecule has 2 rings (SSSR count). The Morgan fingerprint density at radius 1 is 1.28 bits per heavy atom. The maximum atomic E-state index is 12.5. The molecular formula is C12H12F3N3. The third kappa shape index (κ3) is 2.38. The van der Waals surface area contributed by atoms with Crippen LogP contribution in [0, 0.1) is 6.92 Å². The minimum Gasteiger partial charge on any atom is -0.326 e. The molecule has 1 aromatic heterocycles. The molecule has 0 radical (unpaired) electrons. The van der Waals surface area contributed by atoms with Gasteiger partial charge >= 0.3 is 6.18 Å². The van der Waals surface area contributed by atoms with Gasteiger partial charge in [-0.1, -0.05) is 12.1 Å². The molecule has 0 bridgehead atoms. The van der Waals surface area contributed by atoms with E-state index in [-0.39, 0.29) is 6.54 Å². The summed E-state index contributed by atoms with van der Waals surface area (Å²) in [6.45, 7) is 2.11. The van der Waals surface area contributed by atoms with Gasteiger partial charge in [0.2, 0.25) is 0 Å². The molecule has 0 spiro atoms. The number of hydrogen-bond acceptors (Lipinski definition) is 2. The van der Waals surface area contributed by atoms with Crippen LogP contribution >= 0.6 is 0 Å². The van der Waals surface area contributed by atoms with Crippen molar-refractivity contribution in [2.45, 2.75) is 19.6 Å². The highest BCUT2D eigenvalue weighted by atomic mass is 19.4. The van der Waals surface area contributed by atoms with Crippen molar-refractivity contribution in [2.24, 2.45) is 5.73 Å². The van der Waals surface area contributed by atoms with Crippen LogP contribution in [-0.4, -0.2) is 9.78 Å². The van der Waals surface area contributed by atoms with Crippen LogP contribution in [0.25, 0.3) is 5.69 Å². The number of aryl methyl sites for hydroxylation is 1. The molecule has 1 aromatic carbocycles. The summed E-state index contributed by atoms with van der Waals surface area (Å²) in [6.07, 6.45) is -3.14. The van der Waals surface area contributed by atoms with Gasteiger partial charge < -0.3 is 5.73 Å². The van der Waals surface area contributed by atoms with Crippen LogP contribution in [0.4, 0.5) is 13.2 Å². The number of nitrogens with zero attached hydrogens (tertiary/aromatic N) is 2. The van der Waals surface area contributed by atoms with E-state index in [0.717, 1.165) is 17.2 Å². The summed E-state index contributed by atoms with van der Waals surface area (Å²) in [7, 11) is 0. The molecule has 1 heterocycles. The zero-order chi connectivity index (χ0) is 13.3. The lowest BCUT2D eigenvalue weighted by atomic mass is 10.1. The standard InChI is InChI=1S/C12H12F3N3/c1-8-2-3-9(7-16)10(6-8)18-5-4-11(17-18)12(13,14)15/h2-6H,7,16H2,1H3. The van der Waals surface area contributed by atoms with Crippen LogP contribution < -0.4 is 5.73 Å². The van der Waals surface area contributed by atoms with Gasteiger partial charge in [0, 0.05) is 12.7 Å². The minimum atomic E-state index is -4.43. The molecule has 0 saturated carbocycles. The SMILES string of the molecule is Cc1ccc(CN)c(-n2ccc(C(F)(F)F)n2)c1. The van der Waals surface area contributed by atoms with Gasteiger partial charge in [0.25, 0.3) is 0 Å². The molecular weight excluding hydrogens is 243 g/mol. The van der Waals surface area contributed by atoms with Gasteiger partial charge in [0.05, 0.1) is 5.69 Å². The molecule has 3 nitrogen and oxygen atoms in total. The summed E-state index contributed by atoms with van der Waals surface area (Å²) in [4.78, 5) is 0. The lowest BCUT2D eigenvalue weighted by molar-refractivity contribution is -0.141. The van der Waals surface area contributed by atoms with Gasteiger partial charge in [0.15, 0.2) is 5.69 Å². The van der Waals surface area contributed by atoms with Crippen molar-refractivity contribution < 1.29 is 13.2 Å². The van der Waals surface area contributed by atoms with E-state index in [9.17, 15) is 13.2 Å². The summed E-state index contributed by atoms with van der Waals surface area (Å²) < 4.78 is 38.6. The third-order valence-corrected chi connectivity index (χ3v) is 2.59. The molecule has 96 valence electrons. The fraction of sp³-hybridized carbons (Fsp3) is 0.250. The van der Waals surface area contributed by atoms with Gasteiger partial charge in [-0.3, -0.25) is 0 Å². The van der Waals surface area contributed by atoms with Crippen molar-refractivity contribution in [3.05, 3.63) is 47.3 Å². The quantitative estimate of drug-likeness (QED) is 0.896. The summed E-state index contributed by atoms with van der Waals surface area (Å²) in [5, 5.41) is 3.54. The van der Waals surface area contributed by atoms with Gasteiger partial charge in [0.1, 0.15) is 0 Å². The second kappa shape index (κ2) is 4.45. The Bertz CT molecular complexity index is 558. The second-order valence-corrected chi connectivity index (χ2v) is 3.98. The zero-order valence-electron chi connectivity index (χ0n) is 9.70. The average Bonchev–Trinajstić information content (AvgIpc) is 2.77. The predicted octanol–water partition coefficient (Wildman–Crippen LogP) is 2.66. The predicted molar refractivity (Wildman–Crippen MR) is 61.2 cm³/mol. The highest BCUT2D eigenvalue weighted by Crippen LogP contribution is 2.28. The Kier molecular flexibility index (Phi) is 3.13. The van der Waals surface area contributed by atoms with E-state index in [0.29, 0.717) is 5.69 Å². The first-order chi connectivity index (χ1) is 8.41. The molecule has 2 N–H and O–H groups in total. The second-order valence-electron chi connectivity index (χ2n) is 3.98. The molecule has 0 atom stereocenters. The molecule has 0 aliphatic rings. The molecule has 18 heavy (non-hydrogen) atoms. The molecule has 0 fully saturated rings. The van der Waals surface area contributed by atoms with E-state index in [4.69, 9.17) is 5.73 Å². The molecule has 0 aliphatic heterocycles. The van der Waals surface area contributed by atoms with Gasteiger partial charge in [-0.05, 0) is 30.2 Å². The summed E-state index contributed by atoms with van der Waals surface area (Å²) >= 11 is 0. The monoisotopic (exact) mass is 255 g/mol. The number of hydrogen-bond donors (Lipinski definition) is 1. The van der Waals surface area contributed by atoms with Gasteiger partial charge in [-0.15, -0.1) is 0 Å². The molecule has 0 amide bonds. The first-order valence-corrected chi connectivity index (χ1v) is 5.34. The van der Waals surface area contributed by atoms with Crippen molar-refractivity contribution in [3.8, 4) is 5.69 Å². The summed E-state index contributed by atoms with van der Waals surface area (Å²) in [5.74, 6) is 0. The number of rotatable bonds is 2. The number of halogens is 3. The van der Waals surface area contributed by atoms with Crippen LogP contribution in [0.5, 0.6) is 0 Å². The van der Waals surface area contributed by atoms with Crippen LogP contribution in [0.1, 0.15) is 16.8 Å². The zero-order valence-corrected chi connectivity index (χ0v) is 9.70. The van der Waals surface area contributed by atoms with Gasteiger partial charge in [-0.2, -0.15) is 18.3 Å². The van der Waals surface area contributed by atoms with E-state index in [1.54, 1.807) is 12.1 Å². The smallest absolute Gasteiger partial charge is 0.326 e. The van der Waals surface area contributed by atoms with Crippen LogP contribution in [0.2, 0.25) is 0 Å². The van der Waals surface area contributed by atoms with E-state index >= 15 is 0 Å². The van der Waals surface area contributed by atoms with Crippen LogP contribution in [0.15, 0.2) is 30.5 Å². The molecule has 0 saturated heterocycles. The lowest BCUT2D eigenvalue weighted by Crippen LogP contribution is -2.09. The Morgan fingerprint density at radius 3 is 2.56 bits per heavy atom. The van der Waals surface area contributed by atoms with Crippen LogP contribution in [0.3, 0.4) is 0 Å². The Balaban J connectivity index is 2.49. The van der Waals surface area contributed by atoms with E-state index in [2.05, 4.69) is 5.10 Å². The van der Waals surface area contributed by atoms with Gasteiger partial charge in [-0.25, -0.2) is 4.68 Å². The average molecular weight is 255 g/mol. The Morgan fingerprint density at radius 2 is 2.00 bits per heavy atom. The lowest BCUT2D eigenvalue weighted by Gasteiger charge is -2.09. The van der Waals surface area contributed by atoms with Crippen molar-refractivity contribution >= 4 is 0 Å². The number of aromatic nitrogens is 2. The fourth-order valence-electron chi connectivity index (χ4n) is 1.67. The largest absolute Gasteiger partial charge is 0.435 e. The van der Waals surface area contributed by atoms with Crippen molar-refractivity contribution in [1.82, 2.24) is 9.78 Å².